The Kier molecular flexibility index (Phi) is 18.3. The molecule has 0 aromatic carbocycles. The fourth-order valence-corrected chi connectivity index (χ4v) is 2.91. The molecule has 0 bridgehead atoms. The highest BCUT2D eigenvalue weighted by molar-refractivity contribution is 5.85. The van der Waals surface area contributed by atoms with Crippen LogP contribution in [-0.2, 0) is 28.6 Å². The summed E-state index contributed by atoms with van der Waals surface area (Å²) < 4.78 is 15.8. The third-order valence-electron chi connectivity index (χ3n) is 4.96. The molecule has 0 saturated heterocycles. The smallest absolute Gasteiger partial charge is 0.310 e. The van der Waals surface area contributed by atoms with Crippen molar-refractivity contribution in [2.45, 2.75) is 91.4 Å². The fourth-order valence-electron chi connectivity index (χ4n) is 2.91. The zero-order valence-corrected chi connectivity index (χ0v) is 19.2. The van der Waals surface area contributed by atoms with Gasteiger partial charge in [-0.05, 0) is 25.7 Å². The molecule has 0 aromatic heterocycles. The summed E-state index contributed by atoms with van der Waals surface area (Å²) in [5.41, 5.74) is 0. The van der Waals surface area contributed by atoms with Gasteiger partial charge in [0.05, 0.1) is 38.1 Å². The lowest BCUT2D eigenvalue weighted by Gasteiger charge is -2.21. The van der Waals surface area contributed by atoms with Gasteiger partial charge in [0, 0.05) is 6.61 Å². The van der Waals surface area contributed by atoms with Crippen molar-refractivity contribution in [1.29, 1.82) is 0 Å². The molecule has 0 spiro atoms. The summed E-state index contributed by atoms with van der Waals surface area (Å²) in [6.45, 7) is 6.58. The van der Waals surface area contributed by atoms with Crippen LogP contribution < -0.4 is 0 Å². The van der Waals surface area contributed by atoms with Crippen LogP contribution >= 0.6 is 0 Å². The summed E-state index contributed by atoms with van der Waals surface area (Å²) in [4.78, 5) is 37.1. The number of unbranched alkanes of at least 4 members (excludes halogenated alkanes) is 7. The lowest BCUT2D eigenvalue weighted by Crippen LogP contribution is -2.33. The molecule has 7 heteroatoms. The fraction of sp³-hybridized carbons (Fsp3) is 0.870. The van der Waals surface area contributed by atoms with Gasteiger partial charge in [-0.1, -0.05) is 59.3 Å². The van der Waals surface area contributed by atoms with Crippen molar-refractivity contribution in [2.24, 2.45) is 11.8 Å². The first-order valence-corrected chi connectivity index (χ1v) is 11.6. The highest BCUT2D eigenvalue weighted by atomic mass is 16.5. The third-order valence-corrected chi connectivity index (χ3v) is 4.96. The van der Waals surface area contributed by atoms with E-state index in [-0.39, 0.29) is 26.2 Å². The van der Waals surface area contributed by atoms with Crippen molar-refractivity contribution in [2.75, 3.05) is 26.4 Å². The van der Waals surface area contributed by atoms with Crippen LogP contribution in [0.5, 0.6) is 0 Å². The molecule has 2 atom stereocenters. The van der Waals surface area contributed by atoms with E-state index < -0.39 is 29.7 Å². The minimum atomic E-state index is -0.926. The van der Waals surface area contributed by atoms with Crippen molar-refractivity contribution in [3.05, 3.63) is 0 Å². The van der Waals surface area contributed by atoms with E-state index in [9.17, 15) is 14.4 Å². The van der Waals surface area contributed by atoms with Gasteiger partial charge in [-0.15, -0.1) is 0 Å². The van der Waals surface area contributed by atoms with Gasteiger partial charge in [0.15, 0.2) is 0 Å². The van der Waals surface area contributed by atoms with Crippen LogP contribution in [0.2, 0.25) is 0 Å². The van der Waals surface area contributed by atoms with Crippen LogP contribution in [0, 0.1) is 11.8 Å². The number of carbonyl (C=O) groups is 3. The molecule has 7 nitrogen and oxygen atoms in total. The van der Waals surface area contributed by atoms with Crippen molar-refractivity contribution in [1.82, 2.24) is 0 Å². The zero-order chi connectivity index (χ0) is 22.6. The van der Waals surface area contributed by atoms with Crippen molar-refractivity contribution in [3.8, 4) is 0 Å². The molecule has 0 fully saturated rings. The Morgan fingerprint density at radius 3 is 1.73 bits per heavy atom. The summed E-state index contributed by atoms with van der Waals surface area (Å²) in [5, 5.41) is 8.80. The van der Waals surface area contributed by atoms with Crippen LogP contribution in [0.1, 0.15) is 91.4 Å². The molecule has 0 rings (SSSR count). The van der Waals surface area contributed by atoms with Gasteiger partial charge in [-0.2, -0.15) is 0 Å². The number of aliphatic hydroxyl groups excluding tert-OH is 1. The van der Waals surface area contributed by atoms with E-state index >= 15 is 0 Å². The topological polar surface area (TPSA) is 99.1 Å². The number of rotatable bonds is 19. The van der Waals surface area contributed by atoms with E-state index in [1.165, 1.54) is 0 Å². The van der Waals surface area contributed by atoms with E-state index in [1.54, 1.807) is 6.92 Å². The number of carbonyl (C=O) groups excluding carboxylic acids is 3. The first kappa shape index (κ1) is 28.4. The van der Waals surface area contributed by atoms with E-state index in [1.807, 2.05) is 0 Å². The van der Waals surface area contributed by atoms with E-state index in [0.29, 0.717) is 19.4 Å². The second-order valence-electron chi connectivity index (χ2n) is 7.71. The number of aliphatic hydroxyl groups is 1. The summed E-state index contributed by atoms with van der Waals surface area (Å²) in [6, 6.07) is 0. The Morgan fingerprint density at radius 1 is 0.700 bits per heavy atom. The maximum Gasteiger partial charge on any atom is 0.310 e. The van der Waals surface area contributed by atoms with Gasteiger partial charge in [-0.3, -0.25) is 14.4 Å². The molecule has 0 amide bonds. The van der Waals surface area contributed by atoms with E-state index in [2.05, 4.69) is 13.8 Å². The predicted molar refractivity (Wildman–Crippen MR) is 115 cm³/mol. The summed E-state index contributed by atoms with van der Waals surface area (Å²) in [6.07, 6.45) is 8.72. The monoisotopic (exact) mass is 430 g/mol. The summed E-state index contributed by atoms with van der Waals surface area (Å²) in [7, 11) is 0. The third kappa shape index (κ3) is 14.4. The highest BCUT2D eigenvalue weighted by Gasteiger charge is 2.35. The minimum Gasteiger partial charge on any atom is -0.466 e. The Bertz CT molecular complexity index is 464. The Balaban J connectivity index is 4.70. The van der Waals surface area contributed by atoms with Crippen LogP contribution in [0.15, 0.2) is 0 Å². The maximum atomic E-state index is 12.6. The second-order valence-corrected chi connectivity index (χ2v) is 7.71. The van der Waals surface area contributed by atoms with Gasteiger partial charge >= 0.3 is 17.9 Å². The van der Waals surface area contributed by atoms with Crippen molar-refractivity contribution in [3.63, 3.8) is 0 Å². The number of hydrogen-bond donors (Lipinski definition) is 1. The van der Waals surface area contributed by atoms with Gasteiger partial charge in [0.2, 0.25) is 0 Å². The molecular formula is C23H42O7. The SMILES string of the molecule is CCCCCCOC(=O)CC(C(=O)OCCCCCC)C(C)C(=O)OCCCCO. The van der Waals surface area contributed by atoms with E-state index in [0.717, 1.165) is 51.4 Å². The molecule has 0 radical (unpaired) electrons. The highest BCUT2D eigenvalue weighted by Crippen LogP contribution is 2.21. The van der Waals surface area contributed by atoms with Crippen LogP contribution in [-0.4, -0.2) is 49.4 Å². The summed E-state index contributed by atoms with van der Waals surface area (Å²) >= 11 is 0. The van der Waals surface area contributed by atoms with Gasteiger partial charge in [-0.25, -0.2) is 0 Å². The Labute approximate surface area is 181 Å². The van der Waals surface area contributed by atoms with Crippen LogP contribution in [0.25, 0.3) is 0 Å². The van der Waals surface area contributed by atoms with E-state index in [4.69, 9.17) is 19.3 Å². The van der Waals surface area contributed by atoms with Crippen molar-refractivity contribution >= 4 is 17.9 Å². The molecule has 0 heterocycles. The second kappa shape index (κ2) is 19.3. The largest absolute Gasteiger partial charge is 0.466 e. The lowest BCUT2D eigenvalue weighted by atomic mass is 9.91. The van der Waals surface area contributed by atoms with Gasteiger partial charge in [0.25, 0.3) is 0 Å². The normalized spacial score (nSPS) is 12.8. The molecule has 2 unspecified atom stereocenters. The lowest BCUT2D eigenvalue weighted by molar-refractivity contribution is -0.164. The van der Waals surface area contributed by atoms with Crippen LogP contribution in [0.4, 0.5) is 0 Å². The van der Waals surface area contributed by atoms with Crippen LogP contribution in [0.3, 0.4) is 0 Å². The van der Waals surface area contributed by atoms with Gasteiger partial charge in [0.1, 0.15) is 0 Å². The minimum absolute atomic E-state index is 0.0319. The average Bonchev–Trinajstić information content (AvgIpc) is 2.74. The molecule has 0 aliphatic heterocycles. The molecule has 0 aliphatic carbocycles. The molecular weight excluding hydrogens is 388 g/mol. The Morgan fingerprint density at radius 2 is 1.20 bits per heavy atom. The summed E-state index contributed by atoms with van der Waals surface area (Å²) in [5.74, 6) is -3.34. The molecule has 176 valence electrons. The first-order valence-electron chi connectivity index (χ1n) is 11.6. The predicted octanol–water partition coefficient (Wildman–Crippen LogP) is 4.19. The number of hydrogen-bond acceptors (Lipinski definition) is 7. The number of ether oxygens (including phenoxy) is 3. The standard InChI is InChI=1S/C23H42O7/c1-4-6-8-11-15-28-21(25)18-20(23(27)30-16-12-9-7-5-2)19(3)22(26)29-17-13-10-14-24/h19-20,24H,4-18H2,1-3H3. The molecule has 0 saturated carbocycles. The molecule has 30 heavy (non-hydrogen) atoms. The van der Waals surface area contributed by atoms with Crippen molar-refractivity contribution < 1.29 is 33.7 Å². The number of esters is 3. The molecule has 0 aromatic rings. The quantitative estimate of drug-likeness (QED) is 0.186. The molecule has 1 N–H and O–H groups in total. The van der Waals surface area contributed by atoms with Gasteiger partial charge < -0.3 is 19.3 Å². The maximum absolute atomic E-state index is 12.6. The first-order chi connectivity index (χ1) is 14.5. The molecule has 0 aliphatic rings. The Hall–Kier alpha value is -1.63. The average molecular weight is 431 g/mol. The zero-order valence-electron chi connectivity index (χ0n) is 19.2.